The van der Waals surface area contributed by atoms with E-state index in [4.69, 9.17) is 0 Å². The van der Waals surface area contributed by atoms with Crippen LogP contribution in [0, 0.1) is 11.8 Å². The van der Waals surface area contributed by atoms with Gasteiger partial charge in [-0.1, -0.05) is 0 Å². The molecule has 2 saturated heterocycles. The van der Waals surface area contributed by atoms with Gasteiger partial charge in [-0.3, -0.25) is 9.59 Å². The van der Waals surface area contributed by atoms with Crippen molar-refractivity contribution in [3.05, 3.63) is 0 Å². The van der Waals surface area contributed by atoms with Gasteiger partial charge in [-0.25, -0.2) is 0 Å². The van der Waals surface area contributed by atoms with E-state index >= 15 is 0 Å². The largest absolute Gasteiger partial charge is 0.339 e. The summed E-state index contributed by atoms with van der Waals surface area (Å²) in [5.74, 6) is 2.22. The Morgan fingerprint density at radius 1 is 0.727 bits per heavy atom. The summed E-state index contributed by atoms with van der Waals surface area (Å²) in [6.45, 7) is 2.00. The van der Waals surface area contributed by atoms with E-state index in [-0.39, 0.29) is 0 Å². The van der Waals surface area contributed by atoms with Gasteiger partial charge in [0.25, 0.3) is 0 Å². The molecular formula is C18H28N2O2. The predicted octanol–water partition coefficient (Wildman–Crippen LogP) is 2.57. The summed E-state index contributed by atoms with van der Waals surface area (Å²) < 4.78 is 0. The topological polar surface area (TPSA) is 40.6 Å². The van der Waals surface area contributed by atoms with Crippen LogP contribution in [-0.4, -0.2) is 46.8 Å². The fraction of sp³-hybridized carbons (Fsp3) is 0.889. The monoisotopic (exact) mass is 304 g/mol. The maximum atomic E-state index is 12.3. The van der Waals surface area contributed by atoms with E-state index < -0.39 is 0 Å². The van der Waals surface area contributed by atoms with E-state index in [1.54, 1.807) is 0 Å². The lowest BCUT2D eigenvalue weighted by Gasteiger charge is -2.28. The van der Waals surface area contributed by atoms with Crippen LogP contribution >= 0.6 is 0 Å². The summed E-state index contributed by atoms with van der Waals surface area (Å²) in [6, 6.07) is 1.08. The van der Waals surface area contributed by atoms with Crippen LogP contribution in [0.2, 0.25) is 0 Å². The van der Waals surface area contributed by atoms with Crippen LogP contribution in [0.1, 0.15) is 64.2 Å². The van der Waals surface area contributed by atoms with Gasteiger partial charge < -0.3 is 9.80 Å². The second kappa shape index (κ2) is 5.86. The highest BCUT2D eigenvalue weighted by atomic mass is 16.2. The Balaban J connectivity index is 1.15. The van der Waals surface area contributed by atoms with Gasteiger partial charge in [-0.05, 0) is 63.2 Å². The van der Waals surface area contributed by atoms with Crippen molar-refractivity contribution in [3.63, 3.8) is 0 Å². The first kappa shape index (κ1) is 14.5. The molecule has 2 aliphatic carbocycles. The molecule has 0 aromatic rings. The van der Waals surface area contributed by atoms with Gasteiger partial charge in [0.15, 0.2) is 0 Å². The van der Waals surface area contributed by atoms with E-state index in [1.165, 1.54) is 38.5 Å². The number of nitrogens with zero attached hydrogens (tertiary/aromatic N) is 2. The molecule has 122 valence electrons. The Kier molecular flexibility index (Phi) is 3.87. The highest BCUT2D eigenvalue weighted by molar-refractivity contribution is 5.78. The van der Waals surface area contributed by atoms with E-state index in [1.807, 2.05) is 0 Å². The van der Waals surface area contributed by atoms with Crippen LogP contribution in [0.4, 0.5) is 0 Å². The molecule has 4 fully saturated rings. The molecule has 2 saturated carbocycles. The number of carbonyl (C=O) groups excluding carboxylic acids is 2. The van der Waals surface area contributed by atoms with Crippen molar-refractivity contribution < 1.29 is 9.59 Å². The van der Waals surface area contributed by atoms with Crippen LogP contribution in [0.5, 0.6) is 0 Å². The summed E-state index contributed by atoms with van der Waals surface area (Å²) in [4.78, 5) is 28.8. The lowest BCUT2D eigenvalue weighted by molar-refractivity contribution is -0.134. The van der Waals surface area contributed by atoms with E-state index in [9.17, 15) is 9.59 Å². The summed E-state index contributed by atoms with van der Waals surface area (Å²) in [5, 5.41) is 0. The molecule has 4 aliphatic rings. The minimum absolute atomic E-state index is 0.333. The molecule has 0 N–H and O–H groups in total. The Hall–Kier alpha value is -1.06. The lowest BCUT2D eigenvalue weighted by atomic mass is 10.1. The van der Waals surface area contributed by atoms with Crippen molar-refractivity contribution in [3.8, 4) is 0 Å². The number of fused-ring (bicyclic) bond motifs is 4. The van der Waals surface area contributed by atoms with Crippen molar-refractivity contribution in [2.24, 2.45) is 11.8 Å². The lowest BCUT2D eigenvalue weighted by Crippen LogP contribution is -2.38. The average molecular weight is 304 g/mol. The molecule has 0 aromatic heterocycles. The molecule has 4 heteroatoms. The number of carbonyl (C=O) groups is 2. The fourth-order valence-electron chi connectivity index (χ4n) is 5.30. The van der Waals surface area contributed by atoms with Crippen LogP contribution < -0.4 is 0 Å². The van der Waals surface area contributed by atoms with Crippen molar-refractivity contribution in [1.29, 1.82) is 0 Å². The molecule has 22 heavy (non-hydrogen) atoms. The maximum absolute atomic E-state index is 12.3. The first-order valence-corrected chi connectivity index (χ1v) is 9.29. The van der Waals surface area contributed by atoms with Gasteiger partial charge in [0, 0.05) is 38.0 Å². The van der Waals surface area contributed by atoms with E-state index in [0.29, 0.717) is 36.7 Å². The zero-order valence-electron chi connectivity index (χ0n) is 13.5. The molecule has 0 spiro atoms. The smallest absolute Gasteiger partial charge is 0.222 e. The molecule has 2 aliphatic heterocycles. The average Bonchev–Trinajstić information content (AvgIpc) is 3.30. The molecule has 4 atom stereocenters. The van der Waals surface area contributed by atoms with Gasteiger partial charge in [-0.15, -0.1) is 0 Å². The Labute approximate surface area is 133 Å². The predicted molar refractivity (Wildman–Crippen MR) is 84.2 cm³/mol. The van der Waals surface area contributed by atoms with Gasteiger partial charge in [0.1, 0.15) is 0 Å². The number of rotatable bonds is 5. The maximum Gasteiger partial charge on any atom is 0.222 e. The quantitative estimate of drug-likeness (QED) is 0.732. The van der Waals surface area contributed by atoms with Gasteiger partial charge in [0.2, 0.25) is 11.8 Å². The summed E-state index contributed by atoms with van der Waals surface area (Å²) >= 11 is 0. The van der Waals surface area contributed by atoms with E-state index in [0.717, 1.165) is 37.8 Å². The van der Waals surface area contributed by atoms with Gasteiger partial charge >= 0.3 is 0 Å². The molecule has 4 nitrogen and oxygen atoms in total. The summed E-state index contributed by atoms with van der Waals surface area (Å²) in [6.07, 6.45) is 10.6. The fourth-order valence-corrected chi connectivity index (χ4v) is 5.30. The highest BCUT2D eigenvalue weighted by Crippen LogP contribution is 2.38. The van der Waals surface area contributed by atoms with Crippen molar-refractivity contribution in [2.75, 3.05) is 13.1 Å². The third-order valence-corrected chi connectivity index (χ3v) is 6.49. The molecular weight excluding hydrogens is 276 g/mol. The summed E-state index contributed by atoms with van der Waals surface area (Å²) in [5.41, 5.74) is 0. The molecule has 0 aromatic carbocycles. The van der Waals surface area contributed by atoms with Crippen LogP contribution in [-0.2, 0) is 9.59 Å². The number of likely N-dealkylation sites (tertiary alicyclic amines) is 2. The third kappa shape index (κ3) is 2.65. The van der Waals surface area contributed by atoms with Crippen LogP contribution in [0.3, 0.4) is 0 Å². The first-order chi connectivity index (χ1) is 10.7. The second-order valence-corrected chi connectivity index (χ2v) is 7.97. The number of hydrogen-bond acceptors (Lipinski definition) is 2. The number of amides is 2. The van der Waals surface area contributed by atoms with E-state index in [2.05, 4.69) is 9.80 Å². The zero-order valence-corrected chi connectivity index (χ0v) is 13.5. The minimum Gasteiger partial charge on any atom is -0.339 e. The van der Waals surface area contributed by atoms with Crippen molar-refractivity contribution >= 4 is 11.8 Å². The summed E-state index contributed by atoms with van der Waals surface area (Å²) in [7, 11) is 0. The molecule has 2 heterocycles. The second-order valence-electron chi connectivity index (χ2n) is 7.97. The van der Waals surface area contributed by atoms with Gasteiger partial charge in [-0.2, -0.15) is 0 Å². The highest BCUT2D eigenvalue weighted by Gasteiger charge is 2.40. The Morgan fingerprint density at radius 2 is 1.18 bits per heavy atom. The normalized spacial score (nSPS) is 35.6. The van der Waals surface area contributed by atoms with Crippen molar-refractivity contribution in [2.45, 2.75) is 76.3 Å². The molecule has 0 radical (unpaired) electrons. The standard InChI is InChI=1S/C18H28N2O2/c21-17(19-11-13-5-7-15(19)9-13)3-1-2-4-18(22)20-12-14-6-8-16(20)10-14/h13-16H,1-12H2/t13-,14-,15-,16+/m1/s1. The van der Waals surface area contributed by atoms with Crippen LogP contribution in [0.25, 0.3) is 0 Å². The molecule has 0 unspecified atom stereocenters. The Morgan fingerprint density at radius 3 is 1.50 bits per heavy atom. The van der Waals surface area contributed by atoms with Crippen molar-refractivity contribution in [1.82, 2.24) is 9.80 Å². The van der Waals surface area contributed by atoms with Crippen LogP contribution in [0.15, 0.2) is 0 Å². The number of piperidine rings is 2. The minimum atomic E-state index is 0.333. The van der Waals surface area contributed by atoms with Gasteiger partial charge in [0.05, 0.1) is 0 Å². The molecule has 2 amide bonds. The molecule has 4 bridgehead atoms. The molecule has 4 rings (SSSR count). The zero-order chi connectivity index (χ0) is 15.1. The Bertz CT molecular complexity index is 422. The SMILES string of the molecule is O=C(CCCCC(=O)N1C[C@@H]2CC[C@H]1C2)N1C[C@@H]2CC[C@@H]1C2. The third-order valence-electron chi connectivity index (χ3n) is 6.49. The first-order valence-electron chi connectivity index (χ1n) is 9.29. The number of hydrogen-bond donors (Lipinski definition) is 0. The number of unbranched alkanes of at least 4 members (excludes halogenated alkanes) is 1.